The third kappa shape index (κ3) is 2.40. The van der Waals surface area contributed by atoms with Crippen LogP contribution in [-0.4, -0.2) is 26.8 Å². The van der Waals surface area contributed by atoms with Crippen LogP contribution < -0.4 is 5.32 Å². The molecule has 2 N–H and O–H groups in total. The molecule has 2 aromatic rings. The van der Waals surface area contributed by atoms with Crippen molar-refractivity contribution in [2.75, 3.05) is 0 Å². The summed E-state index contributed by atoms with van der Waals surface area (Å²) in [7, 11) is 1.55. The van der Waals surface area contributed by atoms with E-state index in [1.54, 1.807) is 19.2 Å². The molecule has 7 nitrogen and oxygen atoms in total. The number of aryl methyl sites for hydroxylation is 1. The number of nitrogens with zero attached hydrogens (tertiary/aromatic N) is 2. The van der Waals surface area contributed by atoms with E-state index in [-0.39, 0.29) is 17.8 Å². The normalized spacial score (nSPS) is 10.3. The van der Waals surface area contributed by atoms with Crippen molar-refractivity contribution in [3.63, 3.8) is 0 Å². The van der Waals surface area contributed by atoms with E-state index in [0.29, 0.717) is 5.76 Å². The molecule has 0 atom stereocenters. The summed E-state index contributed by atoms with van der Waals surface area (Å²) in [5.74, 6) is -1.16. The molecule has 2 heterocycles. The van der Waals surface area contributed by atoms with Gasteiger partial charge in [-0.1, -0.05) is 0 Å². The Bertz CT molecular complexity index is 571. The van der Waals surface area contributed by atoms with Gasteiger partial charge in [0.05, 0.1) is 12.8 Å². The smallest absolute Gasteiger partial charge is 0.339 e. The van der Waals surface area contributed by atoms with Crippen molar-refractivity contribution in [2.45, 2.75) is 6.54 Å². The van der Waals surface area contributed by atoms with E-state index in [0.717, 1.165) is 0 Å². The Morgan fingerprint density at radius 2 is 2.33 bits per heavy atom. The minimum absolute atomic E-state index is 0.114. The lowest BCUT2D eigenvalue weighted by Crippen LogP contribution is -2.25. The fourth-order valence-electron chi connectivity index (χ4n) is 1.48. The van der Waals surface area contributed by atoms with Crippen molar-refractivity contribution in [2.24, 2.45) is 7.05 Å². The lowest BCUT2D eigenvalue weighted by molar-refractivity contribution is 0.0691. The third-order valence-electron chi connectivity index (χ3n) is 2.28. The second kappa shape index (κ2) is 4.74. The second-order valence-electron chi connectivity index (χ2n) is 3.63. The molecule has 94 valence electrons. The predicted octanol–water partition coefficient (Wildman–Crippen LogP) is 0.641. The molecule has 18 heavy (non-hydrogen) atoms. The van der Waals surface area contributed by atoms with Gasteiger partial charge in [0.25, 0.3) is 5.91 Å². The number of furan rings is 1. The van der Waals surface area contributed by atoms with Crippen molar-refractivity contribution in [1.82, 2.24) is 15.1 Å². The van der Waals surface area contributed by atoms with Gasteiger partial charge in [0.2, 0.25) is 0 Å². The number of hydrogen-bond donors (Lipinski definition) is 2. The molecule has 0 aliphatic carbocycles. The lowest BCUT2D eigenvalue weighted by atomic mass is 10.2. The Morgan fingerprint density at radius 1 is 1.56 bits per heavy atom. The van der Waals surface area contributed by atoms with Crippen LogP contribution in [-0.2, 0) is 13.6 Å². The first-order valence-electron chi connectivity index (χ1n) is 5.15. The van der Waals surface area contributed by atoms with E-state index >= 15 is 0 Å². The zero-order chi connectivity index (χ0) is 13.1. The molecular formula is C11H11N3O4. The standard InChI is InChI=1S/C11H11N3O4/c1-14-6-8(11(16)17)9(13-14)10(15)12-5-7-3-2-4-18-7/h2-4,6H,5H2,1H3,(H,12,15)(H,16,17). The quantitative estimate of drug-likeness (QED) is 0.828. The third-order valence-corrected chi connectivity index (χ3v) is 2.28. The highest BCUT2D eigenvalue weighted by Gasteiger charge is 2.20. The van der Waals surface area contributed by atoms with Crippen LogP contribution >= 0.6 is 0 Å². The summed E-state index contributed by atoms with van der Waals surface area (Å²) in [6.07, 6.45) is 2.77. The van der Waals surface area contributed by atoms with Crippen LogP contribution in [0.5, 0.6) is 0 Å². The minimum Gasteiger partial charge on any atom is -0.478 e. The Labute approximate surface area is 102 Å². The maximum Gasteiger partial charge on any atom is 0.339 e. The molecule has 0 aromatic carbocycles. The largest absolute Gasteiger partial charge is 0.478 e. The van der Waals surface area contributed by atoms with E-state index in [9.17, 15) is 9.59 Å². The Morgan fingerprint density at radius 3 is 2.94 bits per heavy atom. The van der Waals surface area contributed by atoms with Gasteiger partial charge in [0.15, 0.2) is 5.69 Å². The summed E-state index contributed by atoms with van der Waals surface area (Å²) in [4.78, 5) is 22.7. The number of hydrogen-bond acceptors (Lipinski definition) is 4. The van der Waals surface area contributed by atoms with E-state index < -0.39 is 11.9 Å². The molecule has 0 fully saturated rings. The molecule has 0 spiro atoms. The maximum atomic E-state index is 11.8. The number of amides is 1. The lowest BCUT2D eigenvalue weighted by Gasteiger charge is -2.01. The fraction of sp³-hybridized carbons (Fsp3) is 0.182. The highest BCUT2D eigenvalue weighted by molar-refractivity contribution is 6.03. The number of rotatable bonds is 4. The summed E-state index contributed by atoms with van der Waals surface area (Å²) >= 11 is 0. The monoisotopic (exact) mass is 249 g/mol. The van der Waals surface area contributed by atoms with E-state index in [1.807, 2.05) is 0 Å². The average Bonchev–Trinajstić information content (AvgIpc) is 2.94. The number of carbonyl (C=O) groups is 2. The topological polar surface area (TPSA) is 97.4 Å². The van der Waals surface area contributed by atoms with Gasteiger partial charge in [0, 0.05) is 13.2 Å². The molecule has 2 rings (SSSR count). The predicted molar refractivity (Wildman–Crippen MR) is 60.0 cm³/mol. The molecule has 0 radical (unpaired) electrons. The Kier molecular flexibility index (Phi) is 3.13. The molecule has 7 heteroatoms. The summed E-state index contributed by atoms with van der Waals surface area (Å²) in [6, 6.07) is 3.40. The highest BCUT2D eigenvalue weighted by atomic mass is 16.4. The van der Waals surface area contributed by atoms with Crippen molar-refractivity contribution in [1.29, 1.82) is 0 Å². The Hall–Kier alpha value is -2.57. The van der Waals surface area contributed by atoms with Crippen LogP contribution in [0, 0.1) is 0 Å². The molecule has 1 amide bonds. The van der Waals surface area contributed by atoms with Gasteiger partial charge >= 0.3 is 5.97 Å². The van der Waals surface area contributed by atoms with Gasteiger partial charge in [-0.3, -0.25) is 9.48 Å². The van der Waals surface area contributed by atoms with Crippen molar-refractivity contribution in [3.8, 4) is 0 Å². The minimum atomic E-state index is -1.19. The SMILES string of the molecule is Cn1cc(C(=O)O)c(C(=O)NCc2ccco2)n1. The van der Waals surface area contributed by atoms with Gasteiger partial charge in [-0.15, -0.1) is 0 Å². The molecule has 0 aliphatic rings. The first-order chi connectivity index (χ1) is 8.58. The number of carboxylic acids is 1. The number of carboxylic acid groups (broad SMARTS) is 1. The van der Waals surface area contributed by atoms with Gasteiger partial charge in [-0.2, -0.15) is 5.10 Å². The van der Waals surface area contributed by atoms with E-state index in [2.05, 4.69) is 10.4 Å². The maximum absolute atomic E-state index is 11.8. The summed E-state index contributed by atoms with van der Waals surface area (Å²) in [5, 5.41) is 15.3. The van der Waals surface area contributed by atoms with Crippen molar-refractivity contribution >= 4 is 11.9 Å². The van der Waals surface area contributed by atoms with Crippen LogP contribution in [0.4, 0.5) is 0 Å². The zero-order valence-corrected chi connectivity index (χ0v) is 9.58. The summed E-state index contributed by atoms with van der Waals surface area (Å²) in [6.45, 7) is 0.182. The van der Waals surface area contributed by atoms with E-state index in [4.69, 9.17) is 9.52 Å². The van der Waals surface area contributed by atoms with Crippen LogP contribution in [0.15, 0.2) is 29.0 Å². The zero-order valence-electron chi connectivity index (χ0n) is 9.58. The van der Waals surface area contributed by atoms with Gasteiger partial charge < -0.3 is 14.8 Å². The van der Waals surface area contributed by atoms with Gasteiger partial charge in [-0.05, 0) is 12.1 Å². The Balaban J connectivity index is 2.11. The average molecular weight is 249 g/mol. The molecule has 0 unspecified atom stereocenters. The van der Waals surface area contributed by atoms with Gasteiger partial charge in [-0.25, -0.2) is 4.79 Å². The van der Waals surface area contributed by atoms with Crippen molar-refractivity contribution < 1.29 is 19.1 Å². The summed E-state index contributed by atoms with van der Waals surface area (Å²) in [5.41, 5.74) is -0.244. The van der Waals surface area contributed by atoms with Crippen LogP contribution in [0.25, 0.3) is 0 Å². The first kappa shape index (κ1) is 11.9. The summed E-state index contributed by atoms with van der Waals surface area (Å²) < 4.78 is 6.33. The van der Waals surface area contributed by atoms with Crippen molar-refractivity contribution in [3.05, 3.63) is 41.6 Å². The molecule has 0 saturated carbocycles. The molecule has 2 aromatic heterocycles. The van der Waals surface area contributed by atoms with E-state index in [1.165, 1.54) is 17.1 Å². The van der Waals surface area contributed by atoms with Gasteiger partial charge in [0.1, 0.15) is 11.3 Å². The van der Waals surface area contributed by atoms with Crippen LogP contribution in [0.2, 0.25) is 0 Å². The highest BCUT2D eigenvalue weighted by Crippen LogP contribution is 2.07. The number of nitrogens with one attached hydrogen (secondary N) is 1. The number of carbonyl (C=O) groups excluding carboxylic acids is 1. The molecule has 0 bridgehead atoms. The molecule has 0 saturated heterocycles. The second-order valence-corrected chi connectivity index (χ2v) is 3.63. The fourth-order valence-corrected chi connectivity index (χ4v) is 1.48. The first-order valence-corrected chi connectivity index (χ1v) is 5.15. The molecular weight excluding hydrogens is 238 g/mol. The molecule has 0 aliphatic heterocycles. The number of aromatic nitrogens is 2. The number of aromatic carboxylic acids is 1. The van der Waals surface area contributed by atoms with Crippen LogP contribution in [0.3, 0.4) is 0 Å². The van der Waals surface area contributed by atoms with Crippen LogP contribution in [0.1, 0.15) is 26.6 Å².